The van der Waals surface area contributed by atoms with Crippen molar-refractivity contribution in [3.05, 3.63) is 0 Å². The molecular weight excluding hydrogens is 440 g/mol. The van der Waals surface area contributed by atoms with E-state index in [1.54, 1.807) is 27.7 Å². The number of hydrogen-bond acceptors (Lipinski definition) is 8. The predicted octanol–water partition coefficient (Wildman–Crippen LogP) is -0.563. The topological polar surface area (TPSA) is 146 Å². The Kier molecular flexibility index (Phi) is 14.8. The minimum absolute atomic E-state index is 0.153. The maximum absolute atomic E-state index is 12.5. The summed E-state index contributed by atoms with van der Waals surface area (Å²) >= 11 is 0. The van der Waals surface area contributed by atoms with Gasteiger partial charge in [-0.1, -0.05) is 0 Å². The fourth-order valence-corrected chi connectivity index (χ4v) is 4.46. The van der Waals surface area contributed by atoms with E-state index >= 15 is 0 Å². The number of unbranched alkanes of at least 4 members (excludes halogenated alkanes) is 2. The van der Waals surface area contributed by atoms with Gasteiger partial charge in [-0.15, -0.1) is 0 Å². The van der Waals surface area contributed by atoms with Crippen LogP contribution in [0.4, 0.5) is 0 Å². The van der Waals surface area contributed by atoms with Gasteiger partial charge in [0.15, 0.2) is 0 Å². The quantitative estimate of drug-likeness (QED) is 0.141. The van der Waals surface area contributed by atoms with E-state index in [9.17, 15) is 30.0 Å². The average molecular weight is 489 g/mol. The molecule has 10 nitrogen and oxygen atoms in total. The Balaban J connectivity index is 2.34. The van der Waals surface area contributed by atoms with Gasteiger partial charge in [0.25, 0.3) is 0 Å². The summed E-state index contributed by atoms with van der Waals surface area (Å²) < 4.78 is 0. The number of amides is 2. The van der Waals surface area contributed by atoms with Crippen LogP contribution in [0.1, 0.15) is 66.2 Å². The summed E-state index contributed by atoms with van der Waals surface area (Å²) in [6.07, 6.45) is 2.32. The Bertz CT molecular complexity index is 518. The van der Waals surface area contributed by atoms with Gasteiger partial charge in [0, 0.05) is 26.2 Å². The summed E-state index contributed by atoms with van der Waals surface area (Å²) in [4.78, 5) is 29.0. The second-order valence-electron chi connectivity index (χ2n) is 10.0. The van der Waals surface area contributed by atoms with E-state index < -0.39 is 36.5 Å². The predicted molar refractivity (Wildman–Crippen MR) is 131 cm³/mol. The van der Waals surface area contributed by atoms with Crippen molar-refractivity contribution in [1.29, 1.82) is 0 Å². The molecule has 34 heavy (non-hydrogen) atoms. The fourth-order valence-electron chi connectivity index (χ4n) is 4.46. The molecule has 1 aliphatic rings. The average Bonchev–Trinajstić information content (AvgIpc) is 2.69. The smallest absolute Gasteiger partial charge is 0.243 e. The van der Waals surface area contributed by atoms with Gasteiger partial charge in [0.2, 0.25) is 11.8 Å². The van der Waals surface area contributed by atoms with Crippen molar-refractivity contribution in [2.24, 2.45) is 0 Å². The summed E-state index contributed by atoms with van der Waals surface area (Å²) in [5.41, 5.74) is 0. The molecule has 0 aromatic carbocycles. The molecule has 1 fully saturated rings. The summed E-state index contributed by atoms with van der Waals surface area (Å²) in [6.45, 7) is 10.2. The van der Waals surface area contributed by atoms with Gasteiger partial charge in [-0.3, -0.25) is 19.4 Å². The van der Waals surface area contributed by atoms with E-state index in [0.717, 1.165) is 25.7 Å². The monoisotopic (exact) mass is 488 g/mol. The number of piperazine rings is 1. The number of nitrogens with zero attached hydrogens (tertiary/aromatic N) is 2. The van der Waals surface area contributed by atoms with Gasteiger partial charge in [0.1, 0.15) is 12.1 Å². The van der Waals surface area contributed by atoms with Gasteiger partial charge in [-0.25, -0.2) is 0 Å². The van der Waals surface area contributed by atoms with Crippen LogP contribution in [-0.4, -0.2) is 118 Å². The maximum atomic E-state index is 12.5. The molecule has 2 unspecified atom stereocenters. The molecule has 0 aliphatic carbocycles. The first-order valence-corrected chi connectivity index (χ1v) is 12.8. The summed E-state index contributed by atoms with van der Waals surface area (Å²) in [6, 6.07) is -1.06. The van der Waals surface area contributed by atoms with Gasteiger partial charge in [-0.2, -0.15) is 0 Å². The molecule has 1 saturated heterocycles. The van der Waals surface area contributed by atoms with Crippen LogP contribution in [0.25, 0.3) is 0 Å². The van der Waals surface area contributed by atoms with Crippen molar-refractivity contribution in [2.75, 3.05) is 39.3 Å². The number of hydrogen-bond donors (Lipinski definition) is 6. The molecule has 200 valence electrons. The van der Waals surface area contributed by atoms with Gasteiger partial charge in [0.05, 0.1) is 24.4 Å². The van der Waals surface area contributed by atoms with E-state index in [1.165, 1.54) is 0 Å². The molecule has 0 aromatic rings. The molecular formula is C24H48N4O6. The lowest BCUT2D eigenvalue weighted by atomic mass is 10.0. The molecule has 10 heteroatoms. The van der Waals surface area contributed by atoms with E-state index in [2.05, 4.69) is 10.6 Å². The standard InChI is InChI=1S/C24H48N4O6/c1-17(29)13-27(14-18(2)30)11-7-5-9-21-23(33)26-22(24(34)25-21)10-6-8-12-28(15-19(3)31)16-20(4)32/h17-22,29-32H,5-16H2,1-4H3,(H,25,34)(H,26,33)/t17-,18-,19-,20-,21?,22?/m0/s1. The molecule has 0 bridgehead atoms. The Morgan fingerprint density at radius 3 is 1.18 bits per heavy atom. The van der Waals surface area contributed by atoms with Crippen LogP contribution in [0.2, 0.25) is 0 Å². The van der Waals surface area contributed by atoms with Crippen LogP contribution in [0.3, 0.4) is 0 Å². The fraction of sp³-hybridized carbons (Fsp3) is 0.917. The lowest BCUT2D eigenvalue weighted by Crippen LogP contribution is -2.61. The number of rotatable bonds is 18. The highest BCUT2D eigenvalue weighted by atomic mass is 16.3. The number of aliphatic hydroxyl groups excluding tert-OH is 4. The van der Waals surface area contributed by atoms with E-state index in [-0.39, 0.29) is 11.8 Å². The Morgan fingerprint density at radius 1 is 0.618 bits per heavy atom. The van der Waals surface area contributed by atoms with Crippen LogP contribution in [-0.2, 0) is 9.59 Å². The first-order chi connectivity index (χ1) is 16.0. The van der Waals surface area contributed by atoms with Gasteiger partial charge >= 0.3 is 0 Å². The van der Waals surface area contributed by atoms with Crippen LogP contribution >= 0.6 is 0 Å². The van der Waals surface area contributed by atoms with Crippen LogP contribution in [0, 0.1) is 0 Å². The number of nitrogens with one attached hydrogen (secondary N) is 2. The van der Waals surface area contributed by atoms with Gasteiger partial charge in [-0.05, 0) is 79.3 Å². The highest BCUT2D eigenvalue weighted by molar-refractivity contribution is 5.96. The molecule has 6 atom stereocenters. The molecule has 6 N–H and O–H groups in total. The molecule has 0 spiro atoms. The van der Waals surface area contributed by atoms with Crippen molar-refractivity contribution in [3.63, 3.8) is 0 Å². The molecule has 2 amide bonds. The van der Waals surface area contributed by atoms with Crippen molar-refractivity contribution >= 4 is 11.8 Å². The van der Waals surface area contributed by atoms with E-state index in [0.29, 0.717) is 52.1 Å². The third-order valence-electron chi connectivity index (χ3n) is 5.79. The van der Waals surface area contributed by atoms with Crippen molar-refractivity contribution in [1.82, 2.24) is 20.4 Å². The SMILES string of the molecule is C[C@H](O)CN(CCCCC1NC(=O)C(CCCCN(C[C@H](C)O)C[C@H](C)O)NC1=O)C[C@H](C)O. The van der Waals surface area contributed by atoms with Crippen LogP contribution < -0.4 is 10.6 Å². The third kappa shape index (κ3) is 13.6. The van der Waals surface area contributed by atoms with E-state index in [1.807, 2.05) is 9.80 Å². The molecule has 0 radical (unpaired) electrons. The Hall–Kier alpha value is -1.30. The van der Waals surface area contributed by atoms with E-state index in [4.69, 9.17) is 0 Å². The molecule has 0 saturated carbocycles. The van der Waals surface area contributed by atoms with Crippen LogP contribution in [0.15, 0.2) is 0 Å². The lowest BCUT2D eigenvalue weighted by Gasteiger charge is -2.30. The van der Waals surface area contributed by atoms with Gasteiger partial charge < -0.3 is 31.1 Å². The first-order valence-electron chi connectivity index (χ1n) is 12.8. The summed E-state index contributed by atoms with van der Waals surface area (Å²) in [5, 5.41) is 44.1. The summed E-state index contributed by atoms with van der Waals surface area (Å²) in [5.74, 6) is -0.307. The minimum atomic E-state index is -0.529. The zero-order chi connectivity index (χ0) is 25.7. The van der Waals surface area contributed by atoms with Crippen molar-refractivity contribution < 1.29 is 30.0 Å². The summed E-state index contributed by atoms with van der Waals surface area (Å²) in [7, 11) is 0. The zero-order valence-corrected chi connectivity index (χ0v) is 21.4. The van der Waals surface area contributed by atoms with Crippen LogP contribution in [0.5, 0.6) is 0 Å². The normalized spacial score (nSPS) is 22.4. The lowest BCUT2D eigenvalue weighted by molar-refractivity contribution is -0.137. The maximum Gasteiger partial charge on any atom is 0.243 e. The molecule has 1 rings (SSSR count). The number of aliphatic hydroxyl groups is 4. The van der Waals surface area contributed by atoms with Crippen molar-refractivity contribution in [3.8, 4) is 0 Å². The number of carbonyl (C=O) groups excluding carboxylic acids is 2. The molecule has 1 heterocycles. The highest BCUT2D eigenvalue weighted by Gasteiger charge is 2.32. The second-order valence-corrected chi connectivity index (χ2v) is 10.0. The van der Waals surface area contributed by atoms with Crippen molar-refractivity contribution in [2.45, 2.75) is 103 Å². The molecule has 0 aromatic heterocycles. The zero-order valence-electron chi connectivity index (χ0n) is 21.4. The highest BCUT2D eigenvalue weighted by Crippen LogP contribution is 2.12. The Morgan fingerprint density at radius 2 is 0.912 bits per heavy atom. The number of carbonyl (C=O) groups is 2. The Labute approximate surface area is 204 Å². The third-order valence-corrected chi connectivity index (χ3v) is 5.79. The minimum Gasteiger partial charge on any atom is -0.392 e. The first kappa shape index (κ1) is 30.7. The largest absolute Gasteiger partial charge is 0.392 e. The molecule has 1 aliphatic heterocycles. The second kappa shape index (κ2) is 16.4.